The van der Waals surface area contributed by atoms with Gasteiger partial charge in [0.2, 0.25) is 0 Å². The van der Waals surface area contributed by atoms with Crippen molar-refractivity contribution >= 4 is 5.78 Å². The summed E-state index contributed by atoms with van der Waals surface area (Å²) in [7, 11) is 0. The fourth-order valence-corrected chi connectivity index (χ4v) is 5.07. The Morgan fingerprint density at radius 2 is 1.89 bits per heavy atom. The second-order valence-corrected chi connectivity index (χ2v) is 9.05. The molecule has 0 spiro atoms. The van der Waals surface area contributed by atoms with Crippen LogP contribution in [-0.4, -0.2) is 43.8 Å². The maximum Gasteiger partial charge on any atom is 0.185 e. The Kier molecular flexibility index (Phi) is 6.16. The summed E-state index contributed by atoms with van der Waals surface area (Å²) in [6.07, 6.45) is 2.83. The minimum Gasteiger partial charge on any atom is -0.390 e. The molecule has 3 heterocycles. The lowest BCUT2D eigenvalue weighted by atomic mass is 9.83. The van der Waals surface area contributed by atoms with Gasteiger partial charge in [-0.2, -0.15) is 0 Å². The molecule has 1 saturated heterocycles. The molecule has 182 valence electrons. The highest BCUT2D eigenvalue weighted by atomic mass is 19.1. The average molecular weight is 484 g/mol. The Labute approximate surface area is 199 Å². The molecule has 2 N–H and O–H groups in total. The van der Waals surface area contributed by atoms with E-state index in [1.807, 2.05) is 0 Å². The zero-order valence-corrected chi connectivity index (χ0v) is 18.6. The van der Waals surface area contributed by atoms with E-state index in [2.05, 4.69) is 9.97 Å². The zero-order valence-electron chi connectivity index (χ0n) is 18.6. The number of fused-ring (bicyclic) bond motifs is 1. The molecule has 4 atom stereocenters. The molecule has 5 rings (SSSR count). The molecule has 3 aromatic rings. The number of aliphatic hydroxyl groups excluding tert-OH is 1. The first kappa shape index (κ1) is 23.6. The molecule has 0 radical (unpaired) electrons. The van der Waals surface area contributed by atoms with Crippen molar-refractivity contribution in [1.82, 2.24) is 9.97 Å². The number of ketones is 1. The summed E-state index contributed by atoms with van der Waals surface area (Å²) in [5, 5.41) is 21.4. The number of Topliss-reactive ketones (excluding diaryl/α,β-unsaturated/α-hetero) is 1. The minimum atomic E-state index is -1.27. The number of hydrogen-bond donors (Lipinski definition) is 2. The lowest BCUT2D eigenvalue weighted by molar-refractivity contribution is -0.215. The van der Waals surface area contributed by atoms with Crippen molar-refractivity contribution in [3.63, 3.8) is 0 Å². The highest BCUT2D eigenvalue weighted by molar-refractivity contribution is 5.96. The molecule has 2 aliphatic rings. The highest BCUT2D eigenvalue weighted by Gasteiger charge is 2.52. The Morgan fingerprint density at radius 3 is 2.66 bits per heavy atom. The van der Waals surface area contributed by atoms with Gasteiger partial charge < -0.3 is 14.9 Å². The fourth-order valence-electron chi connectivity index (χ4n) is 5.07. The van der Waals surface area contributed by atoms with E-state index in [9.17, 15) is 28.2 Å². The van der Waals surface area contributed by atoms with Crippen molar-refractivity contribution in [3.05, 3.63) is 83.1 Å². The molecular weight excluding hydrogens is 461 g/mol. The van der Waals surface area contributed by atoms with Gasteiger partial charge in [0.15, 0.2) is 5.78 Å². The van der Waals surface area contributed by atoms with Crippen molar-refractivity contribution in [1.29, 1.82) is 0 Å². The number of hydrogen-bond acceptors (Lipinski definition) is 6. The van der Waals surface area contributed by atoms with Crippen LogP contribution in [0.25, 0.3) is 11.3 Å². The summed E-state index contributed by atoms with van der Waals surface area (Å²) in [5.74, 6) is -3.45. The molecule has 35 heavy (non-hydrogen) atoms. The predicted octanol–water partition coefficient (Wildman–Crippen LogP) is 4.09. The lowest BCUT2D eigenvalue weighted by Crippen LogP contribution is -2.54. The molecule has 2 aromatic heterocycles. The second-order valence-electron chi connectivity index (χ2n) is 9.05. The molecule has 1 aromatic carbocycles. The van der Waals surface area contributed by atoms with Crippen LogP contribution in [0.5, 0.6) is 0 Å². The molecule has 1 saturated carbocycles. The van der Waals surface area contributed by atoms with E-state index in [0.717, 1.165) is 36.8 Å². The fraction of sp³-hybridized carbons (Fsp3) is 0.346. The number of carbonyl (C=O) groups is 1. The first-order valence-corrected chi connectivity index (χ1v) is 11.4. The van der Waals surface area contributed by atoms with Gasteiger partial charge in [0.05, 0.1) is 23.9 Å². The van der Waals surface area contributed by atoms with Crippen molar-refractivity contribution < 1.29 is 32.9 Å². The standard InChI is InChI=1S/C26H23F3N2O4/c27-16-3-1-4-17(28)24(16)25-18(29)6-7-19(31-25)20(32)11-14-13-30-10-8-15(14)21-12-22(33)26(34)9-2-5-23(26)35-21/h1,3-4,6-8,10,13,21-23,33-34H,2,5,9,11-12H2/t21-,22-,23-,26+/m1/s1. The molecule has 0 amide bonds. The van der Waals surface area contributed by atoms with Crippen LogP contribution in [0.4, 0.5) is 13.2 Å². The smallest absolute Gasteiger partial charge is 0.185 e. The second kappa shape index (κ2) is 9.14. The van der Waals surface area contributed by atoms with Crippen LogP contribution < -0.4 is 0 Å². The number of aliphatic hydroxyl groups is 2. The molecule has 0 unspecified atom stereocenters. The quantitative estimate of drug-likeness (QED) is 0.530. The van der Waals surface area contributed by atoms with Crippen LogP contribution in [0.1, 0.15) is 53.4 Å². The van der Waals surface area contributed by atoms with E-state index in [4.69, 9.17) is 4.74 Å². The minimum absolute atomic E-state index is 0.156. The molecular formula is C26H23F3N2O4. The molecule has 1 aliphatic carbocycles. The van der Waals surface area contributed by atoms with Gasteiger partial charge in [-0.15, -0.1) is 0 Å². The maximum atomic E-state index is 14.4. The number of ether oxygens (including phenoxy) is 1. The molecule has 1 aliphatic heterocycles. The first-order valence-electron chi connectivity index (χ1n) is 11.4. The summed E-state index contributed by atoms with van der Waals surface area (Å²) in [5.41, 5.74) is -1.50. The SMILES string of the molecule is O=C(Cc1cnccc1[C@H]1C[C@@H](O)[C@@]2(O)CCC[C@H]2O1)c1ccc(F)c(-c2c(F)cccc2F)n1. The van der Waals surface area contributed by atoms with Crippen LogP contribution in [0.15, 0.2) is 48.8 Å². The largest absolute Gasteiger partial charge is 0.390 e. The van der Waals surface area contributed by atoms with Crippen LogP contribution in [-0.2, 0) is 11.2 Å². The van der Waals surface area contributed by atoms with Crippen LogP contribution in [0.2, 0.25) is 0 Å². The number of aromatic nitrogens is 2. The molecule has 2 fully saturated rings. The van der Waals surface area contributed by atoms with Crippen LogP contribution in [0.3, 0.4) is 0 Å². The third kappa shape index (κ3) is 4.24. The Hall–Kier alpha value is -3.14. The van der Waals surface area contributed by atoms with Gasteiger partial charge in [-0.25, -0.2) is 18.2 Å². The summed E-state index contributed by atoms with van der Waals surface area (Å²) in [4.78, 5) is 21.1. The number of rotatable bonds is 5. The van der Waals surface area contributed by atoms with Crippen molar-refractivity contribution in [2.75, 3.05) is 0 Å². The third-order valence-electron chi connectivity index (χ3n) is 6.91. The van der Waals surface area contributed by atoms with E-state index >= 15 is 0 Å². The normalized spacial score (nSPS) is 25.9. The lowest BCUT2D eigenvalue weighted by Gasteiger charge is -2.43. The van der Waals surface area contributed by atoms with E-state index in [0.29, 0.717) is 24.0 Å². The molecule has 9 heteroatoms. The van der Waals surface area contributed by atoms with Gasteiger partial charge in [-0.1, -0.05) is 6.07 Å². The number of carbonyl (C=O) groups excluding carboxylic acids is 1. The Bertz CT molecular complexity index is 1270. The third-order valence-corrected chi connectivity index (χ3v) is 6.91. The number of benzene rings is 1. The van der Waals surface area contributed by atoms with Gasteiger partial charge in [0, 0.05) is 25.2 Å². The maximum absolute atomic E-state index is 14.4. The summed E-state index contributed by atoms with van der Waals surface area (Å²) >= 11 is 0. The molecule has 6 nitrogen and oxygen atoms in total. The zero-order chi connectivity index (χ0) is 24.7. The molecule has 0 bridgehead atoms. The van der Waals surface area contributed by atoms with Crippen molar-refractivity contribution in [2.45, 2.75) is 56.0 Å². The van der Waals surface area contributed by atoms with E-state index < -0.39 is 58.4 Å². The van der Waals surface area contributed by atoms with E-state index in [1.165, 1.54) is 6.20 Å². The number of pyridine rings is 2. The van der Waals surface area contributed by atoms with Gasteiger partial charge >= 0.3 is 0 Å². The van der Waals surface area contributed by atoms with Crippen LogP contribution >= 0.6 is 0 Å². The van der Waals surface area contributed by atoms with Crippen LogP contribution in [0, 0.1) is 17.5 Å². The van der Waals surface area contributed by atoms with Gasteiger partial charge in [0.1, 0.15) is 34.4 Å². The van der Waals surface area contributed by atoms with Crippen molar-refractivity contribution in [3.8, 4) is 11.3 Å². The van der Waals surface area contributed by atoms with E-state index in [1.54, 1.807) is 12.3 Å². The summed E-state index contributed by atoms with van der Waals surface area (Å²) in [6, 6.07) is 6.93. The topological polar surface area (TPSA) is 92.5 Å². The monoisotopic (exact) mass is 484 g/mol. The average Bonchev–Trinajstić information content (AvgIpc) is 3.22. The van der Waals surface area contributed by atoms with Gasteiger partial charge in [-0.3, -0.25) is 9.78 Å². The summed E-state index contributed by atoms with van der Waals surface area (Å²) < 4.78 is 49.0. The number of nitrogens with zero attached hydrogens (tertiary/aromatic N) is 2. The first-order chi connectivity index (χ1) is 16.8. The van der Waals surface area contributed by atoms with Gasteiger partial charge in [0.25, 0.3) is 0 Å². The Balaban J connectivity index is 1.42. The highest BCUT2D eigenvalue weighted by Crippen LogP contribution is 2.45. The number of halogens is 3. The van der Waals surface area contributed by atoms with Gasteiger partial charge in [-0.05, 0) is 60.7 Å². The predicted molar refractivity (Wildman–Crippen MR) is 119 cm³/mol. The summed E-state index contributed by atoms with van der Waals surface area (Å²) in [6.45, 7) is 0. The van der Waals surface area contributed by atoms with E-state index in [-0.39, 0.29) is 18.5 Å². The van der Waals surface area contributed by atoms with Crippen molar-refractivity contribution in [2.24, 2.45) is 0 Å². The Morgan fingerprint density at radius 1 is 1.11 bits per heavy atom.